The molecule has 4 atom stereocenters. The third-order valence-corrected chi connectivity index (χ3v) is 9.71. The lowest BCUT2D eigenvalue weighted by molar-refractivity contribution is -0.137. The zero-order chi connectivity index (χ0) is 30.3. The Bertz CT molecular complexity index is 1600. The number of pyridine rings is 1. The Hall–Kier alpha value is -2.74. The van der Waals surface area contributed by atoms with Gasteiger partial charge in [0.2, 0.25) is 0 Å². The monoisotopic (exact) mass is 643 g/mol. The van der Waals surface area contributed by atoms with Crippen molar-refractivity contribution in [1.82, 2.24) is 25.2 Å². The summed E-state index contributed by atoms with van der Waals surface area (Å²) in [6.45, 7) is 2.35. The molecule has 0 saturated carbocycles. The summed E-state index contributed by atoms with van der Waals surface area (Å²) in [5.41, 5.74) is 2.37. The van der Waals surface area contributed by atoms with Gasteiger partial charge in [-0.05, 0) is 44.4 Å². The lowest BCUT2D eigenvalue weighted by Gasteiger charge is -2.34. The number of rotatable bonds is 5. The van der Waals surface area contributed by atoms with Crippen molar-refractivity contribution >= 4 is 45.7 Å². The first-order valence-corrected chi connectivity index (χ1v) is 14.9. The molecule has 43 heavy (non-hydrogen) atoms. The molecule has 4 fully saturated rings. The van der Waals surface area contributed by atoms with E-state index in [4.69, 9.17) is 33.7 Å². The van der Waals surface area contributed by atoms with E-state index in [0.29, 0.717) is 31.9 Å². The normalized spacial score (nSPS) is 27.3. The molecule has 0 unspecified atom stereocenters. The largest absolute Gasteiger partial charge is 0.461 e. The Morgan fingerprint density at radius 1 is 1.09 bits per heavy atom. The molecule has 4 aliphatic heterocycles. The first-order valence-electron chi connectivity index (χ1n) is 14.2. The maximum atomic E-state index is 16.6. The first-order chi connectivity index (χ1) is 20.4. The van der Waals surface area contributed by atoms with Gasteiger partial charge in [-0.3, -0.25) is 4.90 Å². The van der Waals surface area contributed by atoms with Crippen molar-refractivity contribution in [3.63, 3.8) is 0 Å². The highest BCUT2D eigenvalue weighted by Crippen LogP contribution is 2.47. The molecule has 0 spiro atoms. The van der Waals surface area contributed by atoms with Gasteiger partial charge in [0.25, 0.3) is 0 Å². The average molecular weight is 644 g/mol. The van der Waals surface area contributed by atoms with Gasteiger partial charge >= 0.3 is 12.2 Å². The van der Waals surface area contributed by atoms with Crippen molar-refractivity contribution in [2.24, 2.45) is 0 Å². The smallest absolute Gasteiger partial charge is 0.419 e. The van der Waals surface area contributed by atoms with Crippen LogP contribution in [0.25, 0.3) is 22.0 Å². The zero-order valence-electron chi connectivity index (χ0n) is 22.8. The first kappa shape index (κ1) is 29.0. The van der Waals surface area contributed by atoms with Gasteiger partial charge in [-0.25, -0.2) is 13.8 Å². The summed E-state index contributed by atoms with van der Waals surface area (Å²) in [5, 5.41) is 2.54. The predicted molar refractivity (Wildman–Crippen MR) is 153 cm³/mol. The Balaban J connectivity index is 1.38. The van der Waals surface area contributed by atoms with E-state index in [1.807, 2.05) is 4.90 Å². The average Bonchev–Trinajstić information content (AvgIpc) is 3.56. The lowest BCUT2D eigenvalue weighted by atomic mass is 9.95. The van der Waals surface area contributed by atoms with Crippen molar-refractivity contribution in [2.45, 2.75) is 62.1 Å². The Morgan fingerprint density at radius 3 is 2.56 bits per heavy atom. The van der Waals surface area contributed by atoms with Crippen LogP contribution in [0.4, 0.5) is 33.6 Å². The minimum absolute atomic E-state index is 0.0992. The SMILES string of the molecule is Nc1cc(-c2c(Cl)cc3c(N4C[C@H]5CC[C@@H](C4)N5)nc(OC[C@@]45CCCN4C[C@H](F)C5)nc3c2F)c(C(F)(F)F)c(Cl)n1. The van der Waals surface area contributed by atoms with Crippen LogP contribution in [0.5, 0.6) is 6.01 Å². The minimum atomic E-state index is -4.98. The fourth-order valence-corrected chi connectivity index (χ4v) is 7.93. The molecule has 4 saturated heterocycles. The Labute approximate surface area is 253 Å². The van der Waals surface area contributed by atoms with Crippen LogP contribution < -0.4 is 20.7 Å². The van der Waals surface area contributed by atoms with E-state index >= 15 is 4.39 Å². The molecule has 0 amide bonds. The summed E-state index contributed by atoms with van der Waals surface area (Å²) in [4.78, 5) is 16.6. The van der Waals surface area contributed by atoms with Crippen LogP contribution in [0.3, 0.4) is 0 Å². The van der Waals surface area contributed by atoms with E-state index in [9.17, 15) is 17.6 Å². The van der Waals surface area contributed by atoms with Crippen molar-refractivity contribution < 1.29 is 26.7 Å². The van der Waals surface area contributed by atoms with E-state index in [2.05, 4.69) is 25.2 Å². The molecule has 2 aromatic heterocycles. The topological polar surface area (TPSA) is 92.4 Å². The van der Waals surface area contributed by atoms with E-state index in [1.165, 1.54) is 6.07 Å². The lowest BCUT2D eigenvalue weighted by Crippen LogP contribution is -2.51. The number of hydrogen-bond donors (Lipinski definition) is 2. The number of benzene rings is 1. The maximum Gasteiger partial charge on any atom is 0.419 e. The predicted octanol–water partition coefficient (Wildman–Crippen LogP) is 5.63. The highest BCUT2D eigenvalue weighted by atomic mass is 35.5. The van der Waals surface area contributed by atoms with E-state index in [0.717, 1.165) is 38.3 Å². The zero-order valence-corrected chi connectivity index (χ0v) is 24.3. The van der Waals surface area contributed by atoms with Gasteiger partial charge in [0, 0.05) is 54.7 Å². The molecule has 0 radical (unpaired) electrons. The summed E-state index contributed by atoms with van der Waals surface area (Å²) in [5.74, 6) is -1.08. The van der Waals surface area contributed by atoms with Crippen molar-refractivity contribution in [3.05, 3.63) is 33.7 Å². The van der Waals surface area contributed by atoms with Gasteiger partial charge in [-0.1, -0.05) is 23.2 Å². The second-order valence-corrected chi connectivity index (χ2v) is 12.7. The van der Waals surface area contributed by atoms with Crippen LogP contribution in [-0.4, -0.2) is 76.4 Å². The summed E-state index contributed by atoms with van der Waals surface area (Å²) < 4.78 is 79.4. The Kier molecular flexibility index (Phi) is 7.03. The third-order valence-electron chi connectivity index (χ3n) is 9.14. The van der Waals surface area contributed by atoms with Crippen LogP contribution in [0.1, 0.15) is 37.7 Å². The second kappa shape index (κ2) is 10.4. The molecule has 7 rings (SSSR count). The van der Waals surface area contributed by atoms with Crippen LogP contribution >= 0.6 is 23.2 Å². The number of nitrogens with zero attached hydrogens (tertiary/aromatic N) is 5. The van der Waals surface area contributed by atoms with Gasteiger partial charge in [-0.2, -0.15) is 23.1 Å². The summed E-state index contributed by atoms with van der Waals surface area (Å²) in [6, 6.07) is 2.52. The number of aromatic nitrogens is 3. The fourth-order valence-electron chi connectivity index (χ4n) is 7.33. The van der Waals surface area contributed by atoms with Gasteiger partial charge in [0.05, 0.1) is 10.6 Å². The number of alkyl halides is 4. The van der Waals surface area contributed by atoms with Gasteiger partial charge in [0.1, 0.15) is 40.6 Å². The van der Waals surface area contributed by atoms with Crippen LogP contribution in [-0.2, 0) is 6.18 Å². The number of ether oxygens (including phenoxy) is 1. The number of piperazine rings is 1. The summed E-state index contributed by atoms with van der Waals surface area (Å²) >= 11 is 12.4. The van der Waals surface area contributed by atoms with Crippen LogP contribution in [0.15, 0.2) is 12.1 Å². The number of anilines is 2. The number of hydrogen-bond acceptors (Lipinski definition) is 8. The number of nitrogens with one attached hydrogen (secondary N) is 1. The molecule has 4 aliphatic rings. The Morgan fingerprint density at radius 2 is 1.84 bits per heavy atom. The molecule has 3 N–H and O–H groups in total. The molecule has 0 aliphatic carbocycles. The maximum absolute atomic E-state index is 16.6. The molecule has 2 bridgehead atoms. The molecule has 3 aromatic rings. The molecular formula is C28H28Cl2F5N7O. The number of fused-ring (bicyclic) bond motifs is 4. The molecule has 15 heteroatoms. The molecule has 6 heterocycles. The van der Waals surface area contributed by atoms with E-state index in [1.54, 1.807) is 0 Å². The van der Waals surface area contributed by atoms with Crippen LogP contribution in [0, 0.1) is 5.82 Å². The standard InChI is InChI=1S/C28H28Cl2F5N7O/c29-18-6-17-23(22(32)20(18)16-7-19(36)38-24(30)21(16)28(33,34)35)39-26(40-25(17)41-10-14-2-3-15(11-41)37-14)43-12-27-4-1-5-42(27)9-13(31)8-27/h6-7,13-15,37H,1-5,8-12H2,(H2,36,38)/t13-,14-,15+,27+/m1/s1. The molecule has 8 nitrogen and oxygen atoms in total. The minimum Gasteiger partial charge on any atom is -0.461 e. The molecule has 1 aromatic carbocycles. The number of nitrogen functional groups attached to an aromatic ring is 1. The van der Waals surface area contributed by atoms with Gasteiger partial charge in [0.15, 0.2) is 5.82 Å². The quantitative estimate of drug-likeness (QED) is 0.273. The summed E-state index contributed by atoms with van der Waals surface area (Å²) in [6.07, 6.45) is -2.05. The van der Waals surface area contributed by atoms with Gasteiger partial charge in [-0.15, -0.1) is 0 Å². The molecular weight excluding hydrogens is 616 g/mol. The van der Waals surface area contributed by atoms with Crippen molar-refractivity contribution in [3.8, 4) is 17.1 Å². The fraction of sp³-hybridized carbons (Fsp3) is 0.536. The van der Waals surface area contributed by atoms with Crippen molar-refractivity contribution in [2.75, 3.05) is 43.4 Å². The van der Waals surface area contributed by atoms with E-state index in [-0.39, 0.29) is 46.4 Å². The third kappa shape index (κ3) is 5.01. The second-order valence-electron chi connectivity index (χ2n) is 11.9. The highest BCUT2D eigenvalue weighted by molar-refractivity contribution is 6.35. The van der Waals surface area contributed by atoms with Crippen LogP contribution in [0.2, 0.25) is 10.2 Å². The van der Waals surface area contributed by atoms with Crippen molar-refractivity contribution in [1.29, 1.82) is 0 Å². The number of nitrogens with two attached hydrogens (primary N) is 1. The highest BCUT2D eigenvalue weighted by Gasteiger charge is 2.49. The molecule has 230 valence electrons. The number of halogens is 7. The van der Waals surface area contributed by atoms with Gasteiger partial charge < -0.3 is 20.7 Å². The summed E-state index contributed by atoms with van der Waals surface area (Å²) in [7, 11) is 0. The van der Waals surface area contributed by atoms with E-state index < -0.39 is 45.5 Å².